The summed E-state index contributed by atoms with van der Waals surface area (Å²) in [5, 5.41) is 37.3. The molecule has 0 atom stereocenters. The number of aliphatic hydroxyl groups is 3. The lowest BCUT2D eigenvalue weighted by Gasteiger charge is -2.28. The van der Waals surface area contributed by atoms with Crippen molar-refractivity contribution in [2.24, 2.45) is 0 Å². The van der Waals surface area contributed by atoms with E-state index < -0.39 is 25.4 Å². The van der Waals surface area contributed by atoms with Gasteiger partial charge in [-0.25, -0.2) is 0 Å². The van der Waals surface area contributed by atoms with Crippen molar-refractivity contribution >= 4 is 17.4 Å². The number of aromatic nitrogens is 2. The average molecular weight is 234 g/mol. The molecule has 1 heterocycles. The standard InChI is InChI=1S/C8H12ClN3O3/c9-6-1-2-7(12-11-6)10-8(3-13,4-14)5-15/h1-2,13-15H,3-5H2,(H,10,12). The van der Waals surface area contributed by atoms with Crippen molar-refractivity contribution in [2.45, 2.75) is 5.54 Å². The molecule has 0 aromatic carbocycles. The van der Waals surface area contributed by atoms with Crippen LogP contribution in [0.4, 0.5) is 5.82 Å². The Morgan fingerprint density at radius 2 is 1.73 bits per heavy atom. The summed E-state index contributed by atoms with van der Waals surface area (Å²) in [6.07, 6.45) is 0. The predicted octanol–water partition coefficient (Wildman–Crippen LogP) is -0.742. The summed E-state index contributed by atoms with van der Waals surface area (Å²) in [4.78, 5) is 0. The van der Waals surface area contributed by atoms with Gasteiger partial charge in [0.25, 0.3) is 0 Å². The third kappa shape index (κ3) is 3.00. The van der Waals surface area contributed by atoms with Crippen molar-refractivity contribution in [3.63, 3.8) is 0 Å². The highest BCUT2D eigenvalue weighted by Crippen LogP contribution is 2.13. The Bertz CT molecular complexity index is 294. The van der Waals surface area contributed by atoms with Gasteiger partial charge in [-0.2, -0.15) is 0 Å². The van der Waals surface area contributed by atoms with E-state index in [0.29, 0.717) is 5.82 Å². The Morgan fingerprint density at radius 1 is 1.13 bits per heavy atom. The molecule has 0 fully saturated rings. The van der Waals surface area contributed by atoms with Crippen LogP contribution in [0.25, 0.3) is 0 Å². The zero-order chi connectivity index (χ0) is 11.3. The van der Waals surface area contributed by atoms with Crippen molar-refractivity contribution in [3.05, 3.63) is 17.3 Å². The maximum absolute atomic E-state index is 9.04. The second kappa shape index (κ2) is 5.22. The van der Waals surface area contributed by atoms with Crippen LogP contribution < -0.4 is 5.32 Å². The molecule has 0 aliphatic rings. The first-order valence-corrected chi connectivity index (χ1v) is 4.63. The molecule has 0 aliphatic carbocycles. The number of hydrogen-bond donors (Lipinski definition) is 4. The van der Waals surface area contributed by atoms with Crippen molar-refractivity contribution < 1.29 is 15.3 Å². The summed E-state index contributed by atoms with van der Waals surface area (Å²) < 4.78 is 0. The molecule has 1 aromatic rings. The normalized spacial score (nSPS) is 11.5. The van der Waals surface area contributed by atoms with Crippen LogP contribution >= 0.6 is 11.6 Å². The van der Waals surface area contributed by atoms with Crippen LogP contribution in [0.15, 0.2) is 12.1 Å². The minimum Gasteiger partial charge on any atom is -0.394 e. The van der Waals surface area contributed by atoms with Crippen molar-refractivity contribution in [3.8, 4) is 0 Å². The Labute approximate surface area is 91.5 Å². The number of rotatable bonds is 5. The molecule has 0 radical (unpaired) electrons. The summed E-state index contributed by atoms with van der Waals surface area (Å²) in [6.45, 7) is -1.28. The van der Waals surface area contributed by atoms with E-state index in [-0.39, 0.29) is 5.15 Å². The number of hydrogen-bond acceptors (Lipinski definition) is 6. The van der Waals surface area contributed by atoms with E-state index in [1.165, 1.54) is 12.1 Å². The highest BCUT2D eigenvalue weighted by molar-refractivity contribution is 6.29. The smallest absolute Gasteiger partial charge is 0.151 e. The van der Waals surface area contributed by atoms with E-state index in [2.05, 4.69) is 15.5 Å². The quantitative estimate of drug-likeness (QED) is 0.535. The molecule has 0 saturated heterocycles. The van der Waals surface area contributed by atoms with E-state index in [4.69, 9.17) is 26.9 Å². The lowest BCUT2D eigenvalue weighted by Crippen LogP contribution is -2.49. The third-order valence-corrected chi connectivity index (χ3v) is 2.13. The minimum atomic E-state index is -1.21. The first-order chi connectivity index (χ1) is 7.15. The van der Waals surface area contributed by atoms with Crippen LogP contribution in [-0.2, 0) is 0 Å². The van der Waals surface area contributed by atoms with Crippen LogP contribution in [0.2, 0.25) is 5.15 Å². The van der Waals surface area contributed by atoms with E-state index in [9.17, 15) is 0 Å². The van der Waals surface area contributed by atoms with Gasteiger partial charge in [0.1, 0.15) is 11.4 Å². The summed E-state index contributed by atoms with van der Waals surface area (Å²) in [5.74, 6) is 0.316. The van der Waals surface area contributed by atoms with Gasteiger partial charge in [-0.15, -0.1) is 10.2 Å². The fourth-order valence-corrected chi connectivity index (χ4v) is 1.02. The highest BCUT2D eigenvalue weighted by atomic mass is 35.5. The SMILES string of the molecule is OCC(CO)(CO)Nc1ccc(Cl)nn1. The van der Waals surface area contributed by atoms with Gasteiger partial charge >= 0.3 is 0 Å². The van der Waals surface area contributed by atoms with E-state index in [0.717, 1.165) is 0 Å². The zero-order valence-corrected chi connectivity index (χ0v) is 8.65. The van der Waals surface area contributed by atoms with Gasteiger partial charge < -0.3 is 20.6 Å². The highest BCUT2D eigenvalue weighted by Gasteiger charge is 2.28. The molecular formula is C8H12ClN3O3. The fourth-order valence-electron chi connectivity index (χ4n) is 0.923. The van der Waals surface area contributed by atoms with Gasteiger partial charge in [0.15, 0.2) is 5.15 Å². The average Bonchev–Trinajstić information content (AvgIpc) is 2.29. The predicted molar refractivity (Wildman–Crippen MR) is 54.7 cm³/mol. The Morgan fingerprint density at radius 3 is 2.13 bits per heavy atom. The topological polar surface area (TPSA) is 98.5 Å². The van der Waals surface area contributed by atoms with Gasteiger partial charge in [-0.05, 0) is 12.1 Å². The number of aliphatic hydroxyl groups excluding tert-OH is 3. The minimum absolute atomic E-state index is 0.239. The maximum atomic E-state index is 9.04. The van der Waals surface area contributed by atoms with E-state index >= 15 is 0 Å². The number of anilines is 1. The largest absolute Gasteiger partial charge is 0.394 e. The molecule has 1 aromatic heterocycles. The van der Waals surface area contributed by atoms with Gasteiger partial charge in [0.2, 0.25) is 0 Å². The first-order valence-electron chi connectivity index (χ1n) is 4.26. The molecule has 4 N–H and O–H groups in total. The van der Waals surface area contributed by atoms with Crippen molar-refractivity contribution in [2.75, 3.05) is 25.1 Å². The summed E-state index contributed by atoms with van der Waals surface area (Å²) in [5.41, 5.74) is -1.21. The summed E-state index contributed by atoms with van der Waals surface area (Å²) in [7, 11) is 0. The van der Waals surface area contributed by atoms with Gasteiger partial charge in [0.05, 0.1) is 19.8 Å². The monoisotopic (exact) mass is 233 g/mol. The fraction of sp³-hybridized carbons (Fsp3) is 0.500. The van der Waals surface area contributed by atoms with Crippen LogP contribution in [-0.4, -0.2) is 50.9 Å². The summed E-state index contributed by atoms with van der Waals surface area (Å²) in [6, 6.07) is 3.04. The molecule has 15 heavy (non-hydrogen) atoms. The molecule has 1 rings (SSSR count). The number of nitrogens with zero attached hydrogens (tertiary/aromatic N) is 2. The molecule has 84 valence electrons. The van der Waals surface area contributed by atoms with Crippen LogP contribution in [0, 0.1) is 0 Å². The zero-order valence-electron chi connectivity index (χ0n) is 7.89. The van der Waals surface area contributed by atoms with E-state index in [1.54, 1.807) is 0 Å². The molecule has 0 bridgehead atoms. The lowest BCUT2D eigenvalue weighted by atomic mass is 10.0. The molecule has 0 amide bonds. The molecule has 7 heteroatoms. The first kappa shape index (κ1) is 12.1. The third-order valence-electron chi connectivity index (χ3n) is 1.93. The van der Waals surface area contributed by atoms with E-state index in [1.807, 2.05) is 0 Å². The van der Waals surface area contributed by atoms with Crippen molar-refractivity contribution in [1.82, 2.24) is 10.2 Å². The maximum Gasteiger partial charge on any atom is 0.151 e. The number of nitrogens with one attached hydrogen (secondary N) is 1. The molecule has 0 aliphatic heterocycles. The summed E-state index contributed by atoms with van der Waals surface area (Å²) >= 11 is 5.53. The molecular weight excluding hydrogens is 222 g/mol. The Kier molecular flexibility index (Phi) is 4.22. The Hall–Kier alpha value is -0.950. The van der Waals surface area contributed by atoms with Gasteiger partial charge in [-0.1, -0.05) is 11.6 Å². The van der Waals surface area contributed by atoms with Crippen LogP contribution in [0.3, 0.4) is 0 Å². The molecule has 0 saturated carbocycles. The van der Waals surface area contributed by atoms with Crippen molar-refractivity contribution in [1.29, 1.82) is 0 Å². The second-order valence-corrected chi connectivity index (χ2v) is 3.51. The Balaban J connectivity index is 2.78. The van der Waals surface area contributed by atoms with Crippen LogP contribution in [0.1, 0.15) is 0 Å². The van der Waals surface area contributed by atoms with Gasteiger partial charge in [-0.3, -0.25) is 0 Å². The molecule has 0 spiro atoms. The van der Waals surface area contributed by atoms with Gasteiger partial charge in [0, 0.05) is 0 Å². The lowest BCUT2D eigenvalue weighted by molar-refractivity contribution is 0.0830. The van der Waals surface area contributed by atoms with Crippen LogP contribution in [0.5, 0.6) is 0 Å². The number of halogens is 1. The molecule has 0 unspecified atom stereocenters. The molecule has 6 nitrogen and oxygen atoms in total. The second-order valence-electron chi connectivity index (χ2n) is 3.12.